The Morgan fingerprint density at radius 3 is 2.53 bits per heavy atom. The van der Waals surface area contributed by atoms with Crippen molar-refractivity contribution in [3.05, 3.63) is 77.2 Å². The third-order valence-corrected chi connectivity index (χ3v) is 7.19. The number of carbonyl (C=O) groups is 2. The van der Waals surface area contributed by atoms with Gasteiger partial charge in [0.25, 0.3) is 0 Å². The molecule has 1 N–H and O–H groups in total. The molecule has 1 atom stereocenters. The molecule has 1 saturated heterocycles. The molecule has 1 unspecified atom stereocenters. The number of amides is 2. The molecular formula is C26H28N2O3S. The quantitative estimate of drug-likeness (QED) is 0.590. The lowest BCUT2D eigenvalue weighted by molar-refractivity contribution is -0.132. The number of likely N-dealkylation sites (tertiary alicyclic amines) is 1. The first-order valence-electron chi connectivity index (χ1n) is 10.8. The van der Waals surface area contributed by atoms with Gasteiger partial charge in [-0.15, -0.1) is 11.3 Å². The first-order chi connectivity index (χ1) is 15.6. The molecule has 2 aromatic carbocycles. The highest BCUT2D eigenvalue weighted by molar-refractivity contribution is 7.13. The fraction of sp³-hybridized carbons (Fsp3) is 0.308. The second-order valence-electron chi connectivity index (χ2n) is 8.22. The van der Waals surface area contributed by atoms with E-state index in [0.717, 1.165) is 16.7 Å². The average molecular weight is 449 g/mol. The third-order valence-electron chi connectivity index (χ3n) is 6.28. The molecule has 6 heteroatoms. The van der Waals surface area contributed by atoms with Crippen molar-refractivity contribution in [2.45, 2.75) is 19.3 Å². The second kappa shape index (κ2) is 9.57. The first kappa shape index (κ1) is 22.1. The number of para-hydroxylation sites is 1. The van der Waals surface area contributed by atoms with Crippen LogP contribution in [0, 0.1) is 5.41 Å². The maximum Gasteiger partial charge on any atom is 0.228 e. The molecule has 0 saturated carbocycles. The molecule has 2 amide bonds. The van der Waals surface area contributed by atoms with Crippen LogP contribution in [0.3, 0.4) is 0 Å². The molecule has 2 heterocycles. The predicted octanol–water partition coefficient (Wildman–Crippen LogP) is 4.17. The maximum absolute atomic E-state index is 13.1. The lowest BCUT2D eigenvalue weighted by atomic mass is 9.78. The molecule has 32 heavy (non-hydrogen) atoms. The van der Waals surface area contributed by atoms with Crippen molar-refractivity contribution in [3.63, 3.8) is 0 Å². The Morgan fingerprint density at radius 2 is 1.81 bits per heavy atom. The van der Waals surface area contributed by atoms with Crippen LogP contribution in [0.5, 0.6) is 5.75 Å². The molecule has 0 bridgehead atoms. The molecule has 0 radical (unpaired) electrons. The molecule has 5 nitrogen and oxygen atoms in total. The molecule has 4 rings (SSSR count). The van der Waals surface area contributed by atoms with E-state index in [4.69, 9.17) is 4.74 Å². The summed E-state index contributed by atoms with van der Waals surface area (Å²) in [6.07, 6.45) is 1.50. The average Bonchev–Trinajstić information content (AvgIpc) is 3.50. The Balaban J connectivity index is 1.57. The topological polar surface area (TPSA) is 58.6 Å². The first-order valence-corrected chi connectivity index (χ1v) is 11.7. The van der Waals surface area contributed by atoms with Crippen LogP contribution in [-0.4, -0.2) is 44.0 Å². The SMILES string of the molecule is CNC(=O)C1(Cc2ccccc2-c2cccs2)CCN(C(=O)Cc2ccccc2OC)C1. The number of hydrogen-bond acceptors (Lipinski definition) is 4. The number of hydrogen-bond donors (Lipinski definition) is 1. The Morgan fingerprint density at radius 1 is 1.06 bits per heavy atom. The predicted molar refractivity (Wildman–Crippen MR) is 128 cm³/mol. The van der Waals surface area contributed by atoms with Gasteiger partial charge in [-0.1, -0.05) is 48.5 Å². The number of rotatable bonds is 7. The summed E-state index contributed by atoms with van der Waals surface area (Å²) in [4.78, 5) is 29.2. The summed E-state index contributed by atoms with van der Waals surface area (Å²) < 4.78 is 5.40. The van der Waals surface area contributed by atoms with E-state index in [1.165, 1.54) is 4.88 Å². The zero-order chi connectivity index (χ0) is 22.6. The van der Waals surface area contributed by atoms with Crippen molar-refractivity contribution in [2.75, 3.05) is 27.2 Å². The van der Waals surface area contributed by atoms with Gasteiger partial charge >= 0.3 is 0 Å². The highest BCUT2D eigenvalue weighted by atomic mass is 32.1. The van der Waals surface area contributed by atoms with Gasteiger partial charge in [0.15, 0.2) is 0 Å². The standard InChI is InChI=1S/C26H28N2O3S/c1-27-25(30)26(17-20-9-3-5-10-21(20)23-12-7-15-32-23)13-14-28(18-26)24(29)16-19-8-4-6-11-22(19)31-2/h3-12,15H,13-14,16-18H2,1-2H3,(H,27,30). The van der Waals surface area contributed by atoms with E-state index in [1.807, 2.05) is 47.4 Å². The lowest BCUT2D eigenvalue weighted by Crippen LogP contribution is -2.44. The van der Waals surface area contributed by atoms with Crippen LogP contribution in [0.4, 0.5) is 0 Å². The number of benzene rings is 2. The van der Waals surface area contributed by atoms with Crippen LogP contribution >= 0.6 is 11.3 Å². The van der Waals surface area contributed by atoms with Gasteiger partial charge in [0, 0.05) is 30.6 Å². The van der Waals surface area contributed by atoms with Gasteiger partial charge < -0.3 is 15.0 Å². The van der Waals surface area contributed by atoms with E-state index in [2.05, 4.69) is 28.9 Å². The van der Waals surface area contributed by atoms with E-state index in [1.54, 1.807) is 25.5 Å². The number of methoxy groups -OCH3 is 1. The Labute approximate surface area is 193 Å². The van der Waals surface area contributed by atoms with Crippen LogP contribution in [0.1, 0.15) is 17.5 Å². The zero-order valence-electron chi connectivity index (χ0n) is 18.5. The molecule has 0 aliphatic carbocycles. The Hall–Kier alpha value is -3.12. The molecule has 1 aliphatic heterocycles. The summed E-state index contributed by atoms with van der Waals surface area (Å²) in [5, 5.41) is 4.92. The number of nitrogens with zero attached hydrogens (tertiary/aromatic N) is 1. The Bertz CT molecular complexity index is 1100. The zero-order valence-corrected chi connectivity index (χ0v) is 19.3. The van der Waals surface area contributed by atoms with E-state index < -0.39 is 5.41 Å². The van der Waals surface area contributed by atoms with Crippen molar-refractivity contribution >= 4 is 23.2 Å². The van der Waals surface area contributed by atoms with E-state index >= 15 is 0 Å². The largest absolute Gasteiger partial charge is 0.496 e. The van der Waals surface area contributed by atoms with Gasteiger partial charge in [0.1, 0.15) is 5.75 Å². The summed E-state index contributed by atoms with van der Waals surface area (Å²) in [5.41, 5.74) is 2.51. The van der Waals surface area contributed by atoms with Crippen LogP contribution < -0.4 is 10.1 Å². The summed E-state index contributed by atoms with van der Waals surface area (Å²) >= 11 is 1.69. The second-order valence-corrected chi connectivity index (χ2v) is 9.17. The van der Waals surface area contributed by atoms with Crippen LogP contribution in [-0.2, 0) is 22.4 Å². The van der Waals surface area contributed by atoms with Gasteiger partial charge in [-0.05, 0) is 41.5 Å². The van der Waals surface area contributed by atoms with E-state index in [-0.39, 0.29) is 18.2 Å². The Kier molecular flexibility index (Phi) is 6.61. The molecule has 1 aliphatic rings. The fourth-order valence-electron chi connectivity index (χ4n) is 4.60. The van der Waals surface area contributed by atoms with Gasteiger partial charge in [0.2, 0.25) is 11.8 Å². The van der Waals surface area contributed by atoms with Gasteiger partial charge in [-0.3, -0.25) is 9.59 Å². The van der Waals surface area contributed by atoms with Crippen molar-refractivity contribution in [1.29, 1.82) is 0 Å². The highest BCUT2D eigenvalue weighted by Crippen LogP contribution is 2.38. The number of thiophene rings is 1. The molecule has 166 valence electrons. The van der Waals surface area contributed by atoms with Crippen molar-refractivity contribution in [1.82, 2.24) is 10.2 Å². The molecule has 1 aromatic heterocycles. The van der Waals surface area contributed by atoms with Crippen molar-refractivity contribution in [3.8, 4) is 16.2 Å². The number of ether oxygens (including phenoxy) is 1. The monoisotopic (exact) mass is 448 g/mol. The van der Waals surface area contributed by atoms with Gasteiger partial charge in [0.05, 0.1) is 18.9 Å². The molecular weight excluding hydrogens is 420 g/mol. The smallest absolute Gasteiger partial charge is 0.228 e. The molecule has 0 spiro atoms. The van der Waals surface area contributed by atoms with Gasteiger partial charge in [-0.2, -0.15) is 0 Å². The fourth-order valence-corrected chi connectivity index (χ4v) is 5.38. The summed E-state index contributed by atoms with van der Waals surface area (Å²) in [7, 11) is 3.29. The van der Waals surface area contributed by atoms with Crippen LogP contribution in [0.25, 0.3) is 10.4 Å². The molecule has 1 fully saturated rings. The maximum atomic E-state index is 13.1. The molecule has 3 aromatic rings. The number of nitrogens with one attached hydrogen (secondary N) is 1. The minimum atomic E-state index is -0.640. The van der Waals surface area contributed by atoms with Gasteiger partial charge in [-0.25, -0.2) is 0 Å². The van der Waals surface area contributed by atoms with Crippen molar-refractivity contribution in [2.24, 2.45) is 5.41 Å². The summed E-state index contributed by atoms with van der Waals surface area (Å²) in [5.74, 6) is 0.723. The third kappa shape index (κ3) is 4.41. The van der Waals surface area contributed by atoms with E-state index in [0.29, 0.717) is 31.7 Å². The summed E-state index contributed by atoms with van der Waals surface area (Å²) in [6, 6.07) is 20.0. The van der Waals surface area contributed by atoms with Crippen molar-refractivity contribution < 1.29 is 14.3 Å². The minimum Gasteiger partial charge on any atom is -0.496 e. The highest BCUT2D eigenvalue weighted by Gasteiger charge is 2.45. The lowest BCUT2D eigenvalue weighted by Gasteiger charge is -2.28. The normalized spacial score (nSPS) is 17.9. The minimum absolute atomic E-state index is 0.00826. The van der Waals surface area contributed by atoms with E-state index in [9.17, 15) is 9.59 Å². The van der Waals surface area contributed by atoms with Crippen LogP contribution in [0.15, 0.2) is 66.0 Å². The van der Waals surface area contributed by atoms with Crippen LogP contribution in [0.2, 0.25) is 0 Å². The summed E-state index contributed by atoms with van der Waals surface area (Å²) in [6.45, 7) is 0.988. The number of carbonyl (C=O) groups excluding carboxylic acids is 2.